The number of esters is 3. The number of rotatable bonds is 10. The number of carbonyl (C=O) groups is 4. The van der Waals surface area contributed by atoms with Crippen molar-refractivity contribution in [2.75, 3.05) is 34.3 Å². The largest absolute Gasteiger partial charge is 0.467 e. The van der Waals surface area contributed by atoms with Gasteiger partial charge in [-0.25, -0.2) is 9.59 Å². The van der Waals surface area contributed by atoms with Crippen LogP contribution in [-0.2, 0) is 44.7 Å². The van der Waals surface area contributed by atoms with Gasteiger partial charge in [-0.2, -0.15) is 0 Å². The predicted molar refractivity (Wildman–Crippen MR) is 125 cm³/mol. The minimum absolute atomic E-state index is 0.0511. The summed E-state index contributed by atoms with van der Waals surface area (Å²) < 4.78 is 32.6. The van der Waals surface area contributed by atoms with E-state index in [0.717, 1.165) is 0 Å². The predicted octanol–water partition coefficient (Wildman–Crippen LogP) is 1.25. The Morgan fingerprint density at radius 3 is 2.19 bits per heavy atom. The van der Waals surface area contributed by atoms with Gasteiger partial charge in [0.05, 0.1) is 7.11 Å². The van der Waals surface area contributed by atoms with Crippen molar-refractivity contribution >= 4 is 24.0 Å². The molecule has 1 N–H and O–H groups in total. The zero-order chi connectivity index (χ0) is 26.8. The first-order valence-corrected chi connectivity index (χ1v) is 11.4. The quantitative estimate of drug-likeness (QED) is 0.359. The Morgan fingerprint density at radius 1 is 1.03 bits per heavy atom. The molecule has 1 saturated heterocycles. The van der Waals surface area contributed by atoms with Crippen molar-refractivity contribution in [1.29, 1.82) is 0 Å². The fourth-order valence-electron chi connectivity index (χ4n) is 3.56. The van der Waals surface area contributed by atoms with Crippen LogP contribution in [0.15, 0.2) is 24.3 Å². The standard InChI is InChI=1S/C24H34N2O10/c1-14-19(33-15(2)27)21(34-16(3)28)23(36-20(14)22(29)31-6)35-18-9-7-17(8-10-18)13-32-24(30)26(5)12-11-25-4/h7-10,14,19-21,23,25H,11-13H2,1-6H3/t14-,19-,20-,21+,23+/m0/s1. The first kappa shape index (κ1) is 28.9. The summed E-state index contributed by atoms with van der Waals surface area (Å²) in [7, 11) is 4.64. The van der Waals surface area contributed by atoms with Crippen LogP contribution in [0.5, 0.6) is 5.75 Å². The van der Waals surface area contributed by atoms with E-state index in [-0.39, 0.29) is 6.61 Å². The number of methoxy groups -OCH3 is 1. The summed E-state index contributed by atoms with van der Waals surface area (Å²) in [5.74, 6) is -2.32. The van der Waals surface area contributed by atoms with E-state index in [1.807, 2.05) is 0 Å². The molecule has 0 radical (unpaired) electrons. The maximum absolute atomic E-state index is 12.3. The van der Waals surface area contributed by atoms with E-state index < -0.39 is 54.5 Å². The van der Waals surface area contributed by atoms with E-state index in [1.54, 1.807) is 45.3 Å². The van der Waals surface area contributed by atoms with E-state index in [2.05, 4.69) is 5.32 Å². The van der Waals surface area contributed by atoms with Gasteiger partial charge in [0.25, 0.3) is 0 Å². The van der Waals surface area contributed by atoms with Crippen LogP contribution in [-0.4, -0.2) is 87.8 Å². The number of carbonyl (C=O) groups excluding carboxylic acids is 4. The Bertz CT molecular complexity index is 907. The summed E-state index contributed by atoms with van der Waals surface area (Å²) in [5, 5.41) is 2.96. The highest BCUT2D eigenvalue weighted by atomic mass is 16.7. The molecule has 0 spiro atoms. The lowest BCUT2D eigenvalue weighted by Crippen LogP contribution is -2.60. The Morgan fingerprint density at radius 2 is 1.64 bits per heavy atom. The van der Waals surface area contributed by atoms with Crippen LogP contribution in [0.2, 0.25) is 0 Å². The molecule has 36 heavy (non-hydrogen) atoms. The van der Waals surface area contributed by atoms with E-state index in [4.69, 9.17) is 28.4 Å². The number of nitrogens with zero attached hydrogens (tertiary/aromatic N) is 1. The first-order valence-electron chi connectivity index (χ1n) is 11.4. The van der Waals surface area contributed by atoms with Crippen molar-refractivity contribution in [2.24, 2.45) is 5.92 Å². The number of benzene rings is 1. The summed E-state index contributed by atoms with van der Waals surface area (Å²) >= 11 is 0. The SMILES string of the molecule is CNCCN(C)C(=O)OCc1ccc(O[C@@H]2O[C@H](C(=O)OC)[C@@H](C)[C@H](OC(C)=O)[C@H]2OC(C)=O)cc1. The third kappa shape index (κ3) is 8.09. The smallest absolute Gasteiger partial charge is 0.409 e. The van der Waals surface area contributed by atoms with Crippen LogP contribution < -0.4 is 10.1 Å². The molecule has 0 unspecified atom stereocenters. The van der Waals surface area contributed by atoms with Gasteiger partial charge in [0.2, 0.25) is 12.4 Å². The van der Waals surface area contributed by atoms with Gasteiger partial charge in [-0.3, -0.25) is 9.59 Å². The van der Waals surface area contributed by atoms with Gasteiger partial charge < -0.3 is 38.6 Å². The summed E-state index contributed by atoms with van der Waals surface area (Å²) in [5.41, 5.74) is 0.706. The zero-order valence-corrected chi connectivity index (χ0v) is 21.3. The monoisotopic (exact) mass is 510 g/mol. The Kier molecular flexibility index (Phi) is 10.9. The van der Waals surface area contributed by atoms with Gasteiger partial charge >= 0.3 is 24.0 Å². The molecule has 1 aromatic carbocycles. The number of hydrogen-bond acceptors (Lipinski definition) is 11. The summed E-state index contributed by atoms with van der Waals surface area (Å²) in [6.45, 7) is 5.23. The van der Waals surface area contributed by atoms with Gasteiger partial charge in [-0.1, -0.05) is 19.1 Å². The lowest BCUT2D eigenvalue weighted by Gasteiger charge is -2.42. The van der Waals surface area contributed by atoms with Crippen LogP contribution in [0, 0.1) is 5.92 Å². The first-order chi connectivity index (χ1) is 17.1. The molecule has 1 aromatic rings. The average molecular weight is 511 g/mol. The van der Waals surface area contributed by atoms with Gasteiger partial charge in [0, 0.05) is 39.9 Å². The molecule has 0 aliphatic carbocycles. The van der Waals surface area contributed by atoms with Crippen LogP contribution in [0.25, 0.3) is 0 Å². The summed E-state index contributed by atoms with van der Waals surface area (Å²) in [6.07, 6.45) is -5.02. The molecular formula is C24H34N2O10. The van der Waals surface area contributed by atoms with Crippen molar-refractivity contribution in [3.63, 3.8) is 0 Å². The number of amides is 1. The van der Waals surface area contributed by atoms with Gasteiger partial charge in [-0.15, -0.1) is 0 Å². The Labute approximate surface area is 210 Å². The van der Waals surface area contributed by atoms with Gasteiger partial charge in [0.1, 0.15) is 12.4 Å². The molecule has 12 nitrogen and oxygen atoms in total. The van der Waals surface area contributed by atoms with Crippen LogP contribution in [0.1, 0.15) is 26.3 Å². The highest BCUT2D eigenvalue weighted by Gasteiger charge is 2.52. The highest BCUT2D eigenvalue weighted by Crippen LogP contribution is 2.33. The molecule has 12 heteroatoms. The van der Waals surface area contributed by atoms with Crippen LogP contribution in [0.4, 0.5) is 4.79 Å². The number of nitrogens with one attached hydrogen (secondary N) is 1. The molecule has 200 valence electrons. The second kappa shape index (κ2) is 13.6. The summed E-state index contributed by atoms with van der Waals surface area (Å²) in [6, 6.07) is 6.58. The number of ether oxygens (including phenoxy) is 6. The second-order valence-electron chi connectivity index (χ2n) is 8.30. The molecule has 1 heterocycles. The van der Waals surface area contributed by atoms with Gasteiger partial charge in [-0.05, 0) is 24.7 Å². The van der Waals surface area contributed by atoms with E-state index in [9.17, 15) is 19.2 Å². The highest BCUT2D eigenvalue weighted by molar-refractivity contribution is 5.75. The zero-order valence-electron chi connectivity index (χ0n) is 21.3. The van der Waals surface area contributed by atoms with Crippen molar-refractivity contribution in [3.05, 3.63) is 29.8 Å². The fourth-order valence-corrected chi connectivity index (χ4v) is 3.56. The van der Waals surface area contributed by atoms with Gasteiger partial charge in [0.15, 0.2) is 12.2 Å². The third-order valence-corrected chi connectivity index (χ3v) is 5.45. The van der Waals surface area contributed by atoms with Crippen molar-refractivity contribution < 1.29 is 47.6 Å². The minimum atomic E-state index is -1.27. The Hall–Kier alpha value is -3.38. The fraction of sp³-hybridized carbons (Fsp3) is 0.583. The maximum Gasteiger partial charge on any atom is 0.409 e. The van der Waals surface area contributed by atoms with E-state index in [1.165, 1.54) is 25.9 Å². The number of likely N-dealkylation sites (N-methyl/N-ethyl adjacent to an activating group) is 2. The van der Waals surface area contributed by atoms with Crippen molar-refractivity contribution in [2.45, 2.75) is 52.0 Å². The molecule has 1 amide bonds. The maximum atomic E-state index is 12.3. The lowest BCUT2D eigenvalue weighted by atomic mass is 9.90. The second-order valence-corrected chi connectivity index (χ2v) is 8.30. The molecular weight excluding hydrogens is 476 g/mol. The lowest BCUT2D eigenvalue weighted by molar-refractivity contribution is -0.266. The molecule has 0 saturated carbocycles. The minimum Gasteiger partial charge on any atom is -0.467 e. The Balaban J connectivity index is 2.15. The van der Waals surface area contributed by atoms with E-state index >= 15 is 0 Å². The molecule has 1 aliphatic rings. The molecule has 1 fully saturated rings. The topological polar surface area (TPSA) is 139 Å². The molecule has 0 bridgehead atoms. The summed E-state index contributed by atoms with van der Waals surface area (Å²) in [4.78, 5) is 49.3. The molecule has 1 aliphatic heterocycles. The van der Waals surface area contributed by atoms with Crippen molar-refractivity contribution in [3.8, 4) is 5.75 Å². The average Bonchev–Trinajstić information content (AvgIpc) is 2.84. The molecule has 5 atom stereocenters. The molecule has 2 rings (SSSR count). The number of hydrogen-bond donors (Lipinski definition) is 1. The third-order valence-electron chi connectivity index (χ3n) is 5.45. The van der Waals surface area contributed by atoms with Crippen LogP contribution >= 0.6 is 0 Å². The van der Waals surface area contributed by atoms with E-state index in [0.29, 0.717) is 24.4 Å². The normalized spacial score (nSPS) is 23.2. The van der Waals surface area contributed by atoms with Crippen molar-refractivity contribution in [1.82, 2.24) is 10.2 Å². The van der Waals surface area contributed by atoms with Crippen LogP contribution in [0.3, 0.4) is 0 Å². The molecule has 0 aromatic heterocycles.